The Morgan fingerprint density at radius 2 is 1.63 bits per heavy atom. The summed E-state index contributed by atoms with van der Waals surface area (Å²) in [5.41, 5.74) is 4.20. The standard InChI is InChI=1S/C26H29N3O5S/c1-4-27-26(32)28-22-10-6-9-21(16-22)20-8-5-7-19(14-20)15-23(25(30)31)29-35(33,34)24-13-17(2)11-12-18(24)3/h5-14,16,23,29H,4,15H2,1-3H3,(H,30,31)(H2,27,28,32). The van der Waals surface area contributed by atoms with Crippen molar-refractivity contribution in [3.63, 3.8) is 0 Å². The van der Waals surface area contributed by atoms with E-state index < -0.39 is 22.0 Å². The van der Waals surface area contributed by atoms with E-state index in [1.165, 1.54) is 6.07 Å². The molecule has 0 bridgehead atoms. The lowest BCUT2D eigenvalue weighted by Gasteiger charge is -2.17. The summed E-state index contributed by atoms with van der Waals surface area (Å²) >= 11 is 0. The van der Waals surface area contributed by atoms with Gasteiger partial charge in [-0.25, -0.2) is 13.2 Å². The van der Waals surface area contributed by atoms with E-state index in [1.807, 2.05) is 37.3 Å². The number of sulfonamides is 1. The predicted octanol–water partition coefficient (Wildman–Crippen LogP) is 4.09. The Balaban J connectivity index is 1.83. The molecule has 8 nitrogen and oxygen atoms in total. The summed E-state index contributed by atoms with van der Waals surface area (Å²) in [6.45, 7) is 5.78. The number of hydrogen-bond donors (Lipinski definition) is 4. The number of rotatable bonds is 9. The van der Waals surface area contributed by atoms with Crippen LogP contribution in [-0.4, -0.2) is 38.1 Å². The lowest BCUT2D eigenvalue weighted by atomic mass is 9.99. The van der Waals surface area contributed by atoms with Crippen LogP contribution in [0.3, 0.4) is 0 Å². The number of amides is 2. The number of anilines is 1. The molecule has 2 amide bonds. The SMILES string of the molecule is CCNC(=O)Nc1cccc(-c2cccc(CC(NS(=O)(=O)c3cc(C)ccc3C)C(=O)O)c2)c1. The number of hydrogen-bond acceptors (Lipinski definition) is 4. The van der Waals surface area contributed by atoms with E-state index in [0.29, 0.717) is 23.4 Å². The van der Waals surface area contributed by atoms with Gasteiger partial charge in [0.1, 0.15) is 6.04 Å². The Morgan fingerprint density at radius 1 is 0.943 bits per heavy atom. The van der Waals surface area contributed by atoms with Crippen LogP contribution in [0.2, 0.25) is 0 Å². The van der Waals surface area contributed by atoms with Gasteiger partial charge in [-0.3, -0.25) is 4.79 Å². The minimum absolute atomic E-state index is 0.0376. The molecular formula is C26H29N3O5S. The Kier molecular flexibility index (Phi) is 8.26. The topological polar surface area (TPSA) is 125 Å². The van der Waals surface area contributed by atoms with Crippen molar-refractivity contribution in [2.24, 2.45) is 0 Å². The second-order valence-electron chi connectivity index (χ2n) is 8.25. The smallest absolute Gasteiger partial charge is 0.322 e. The van der Waals surface area contributed by atoms with Gasteiger partial charge in [-0.15, -0.1) is 0 Å². The van der Waals surface area contributed by atoms with Gasteiger partial charge in [0.2, 0.25) is 10.0 Å². The van der Waals surface area contributed by atoms with Crippen molar-refractivity contribution >= 4 is 27.7 Å². The maximum atomic E-state index is 13.0. The lowest BCUT2D eigenvalue weighted by Crippen LogP contribution is -2.42. The third kappa shape index (κ3) is 6.91. The number of carbonyl (C=O) groups is 2. The zero-order valence-electron chi connectivity index (χ0n) is 19.8. The van der Waals surface area contributed by atoms with Crippen molar-refractivity contribution in [3.8, 4) is 11.1 Å². The van der Waals surface area contributed by atoms with Gasteiger partial charge in [-0.2, -0.15) is 4.72 Å². The monoisotopic (exact) mass is 495 g/mol. The summed E-state index contributed by atoms with van der Waals surface area (Å²) in [5.74, 6) is -1.27. The van der Waals surface area contributed by atoms with E-state index in [4.69, 9.17) is 0 Å². The molecule has 184 valence electrons. The van der Waals surface area contributed by atoms with E-state index >= 15 is 0 Å². The van der Waals surface area contributed by atoms with Crippen LogP contribution in [0.4, 0.5) is 10.5 Å². The summed E-state index contributed by atoms with van der Waals surface area (Å²) in [5, 5.41) is 15.2. The first-order valence-electron chi connectivity index (χ1n) is 11.2. The molecule has 3 aromatic rings. The third-order valence-electron chi connectivity index (χ3n) is 5.39. The van der Waals surface area contributed by atoms with Gasteiger partial charge in [0.05, 0.1) is 4.90 Å². The lowest BCUT2D eigenvalue weighted by molar-refractivity contribution is -0.138. The minimum Gasteiger partial charge on any atom is -0.480 e. The highest BCUT2D eigenvalue weighted by atomic mass is 32.2. The van der Waals surface area contributed by atoms with E-state index in [-0.39, 0.29) is 17.3 Å². The number of nitrogens with one attached hydrogen (secondary N) is 3. The fraction of sp³-hybridized carbons (Fsp3) is 0.231. The molecule has 0 aromatic heterocycles. The highest BCUT2D eigenvalue weighted by molar-refractivity contribution is 7.89. The molecule has 0 spiro atoms. The van der Waals surface area contributed by atoms with Gasteiger partial charge in [-0.05, 0) is 73.2 Å². The molecule has 0 aliphatic rings. The number of carboxylic acids is 1. The summed E-state index contributed by atoms with van der Waals surface area (Å²) < 4.78 is 28.3. The van der Waals surface area contributed by atoms with Gasteiger partial charge >= 0.3 is 12.0 Å². The van der Waals surface area contributed by atoms with Crippen molar-refractivity contribution in [1.29, 1.82) is 0 Å². The van der Waals surface area contributed by atoms with E-state index in [9.17, 15) is 23.1 Å². The quantitative estimate of drug-likeness (QED) is 0.356. The average Bonchev–Trinajstić information content (AvgIpc) is 2.80. The molecule has 3 rings (SSSR count). The molecule has 1 unspecified atom stereocenters. The third-order valence-corrected chi connectivity index (χ3v) is 7.00. The number of benzene rings is 3. The highest BCUT2D eigenvalue weighted by Gasteiger charge is 2.27. The second kappa shape index (κ2) is 11.2. The number of aliphatic carboxylic acids is 1. The van der Waals surface area contributed by atoms with Crippen molar-refractivity contribution in [2.75, 3.05) is 11.9 Å². The Morgan fingerprint density at radius 3 is 2.31 bits per heavy atom. The highest BCUT2D eigenvalue weighted by Crippen LogP contribution is 2.24. The maximum Gasteiger partial charge on any atom is 0.322 e. The van der Waals surface area contributed by atoms with Crippen LogP contribution in [0.5, 0.6) is 0 Å². The first kappa shape index (κ1) is 25.9. The van der Waals surface area contributed by atoms with Crippen molar-refractivity contribution in [2.45, 2.75) is 38.1 Å². The molecule has 9 heteroatoms. The molecular weight excluding hydrogens is 466 g/mol. The molecule has 0 saturated carbocycles. The Bertz CT molecular complexity index is 1340. The Hall–Kier alpha value is -3.69. The molecule has 1 atom stereocenters. The normalized spacial score (nSPS) is 12.1. The molecule has 3 aromatic carbocycles. The zero-order valence-corrected chi connectivity index (χ0v) is 20.6. The molecule has 0 heterocycles. The first-order chi connectivity index (χ1) is 16.6. The van der Waals surface area contributed by atoms with Crippen molar-refractivity contribution < 1.29 is 23.1 Å². The number of urea groups is 1. The molecule has 35 heavy (non-hydrogen) atoms. The van der Waals surface area contributed by atoms with Gasteiger partial charge in [-0.1, -0.05) is 48.5 Å². The van der Waals surface area contributed by atoms with E-state index in [2.05, 4.69) is 15.4 Å². The van der Waals surface area contributed by atoms with Crippen molar-refractivity contribution in [3.05, 3.63) is 83.4 Å². The molecule has 0 radical (unpaired) electrons. The van der Waals surface area contributed by atoms with Crippen LogP contribution in [0, 0.1) is 13.8 Å². The van der Waals surface area contributed by atoms with Crippen LogP contribution in [-0.2, 0) is 21.2 Å². The van der Waals surface area contributed by atoms with Crippen LogP contribution >= 0.6 is 0 Å². The second-order valence-corrected chi connectivity index (χ2v) is 9.93. The van der Waals surface area contributed by atoms with Crippen LogP contribution in [0.1, 0.15) is 23.6 Å². The summed E-state index contributed by atoms with van der Waals surface area (Å²) in [6.07, 6.45) is -0.0376. The van der Waals surface area contributed by atoms with Gasteiger partial charge in [0, 0.05) is 12.2 Å². The number of carboxylic acid groups (broad SMARTS) is 1. The fourth-order valence-corrected chi connectivity index (χ4v) is 5.17. The zero-order chi connectivity index (χ0) is 25.6. The molecule has 0 fully saturated rings. The van der Waals surface area contributed by atoms with Gasteiger partial charge in [0.15, 0.2) is 0 Å². The fourth-order valence-electron chi connectivity index (χ4n) is 3.65. The van der Waals surface area contributed by atoms with Gasteiger partial charge in [0.25, 0.3) is 0 Å². The summed E-state index contributed by atoms with van der Waals surface area (Å²) in [7, 11) is -4.04. The molecule has 0 aliphatic heterocycles. The first-order valence-corrected chi connectivity index (χ1v) is 12.6. The van der Waals surface area contributed by atoms with Crippen LogP contribution in [0.15, 0.2) is 71.6 Å². The van der Waals surface area contributed by atoms with E-state index in [1.54, 1.807) is 44.2 Å². The largest absolute Gasteiger partial charge is 0.480 e. The Labute approximate surface area is 205 Å². The predicted molar refractivity (Wildman–Crippen MR) is 136 cm³/mol. The molecule has 4 N–H and O–H groups in total. The molecule has 0 saturated heterocycles. The summed E-state index contributed by atoms with van der Waals surface area (Å²) in [6, 6.07) is 17.8. The number of aryl methyl sites for hydroxylation is 2. The van der Waals surface area contributed by atoms with Crippen LogP contribution in [0.25, 0.3) is 11.1 Å². The van der Waals surface area contributed by atoms with E-state index in [0.717, 1.165) is 16.7 Å². The van der Waals surface area contributed by atoms with Crippen molar-refractivity contribution in [1.82, 2.24) is 10.0 Å². The molecule has 0 aliphatic carbocycles. The maximum absolute atomic E-state index is 13.0. The number of carbonyl (C=O) groups excluding carboxylic acids is 1. The van der Waals surface area contributed by atoms with Gasteiger partial charge < -0.3 is 15.7 Å². The van der Waals surface area contributed by atoms with Crippen LogP contribution < -0.4 is 15.4 Å². The summed E-state index contributed by atoms with van der Waals surface area (Å²) in [4.78, 5) is 23.8. The average molecular weight is 496 g/mol. The minimum atomic E-state index is -4.04.